The van der Waals surface area contributed by atoms with Crippen molar-refractivity contribution in [3.05, 3.63) is 29.8 Å². The summed E-state index contributed by atoms with van der Waals surface area (Å²) in [6.45, 7) is 3.92. The first-order chi connectivity index (χ1) is 9.58. The van der Waals surface area contributed by atoms with E-state index in [2.05, 4.69) is 5.32 Å². The highest BCUT2D eigenvalue weighted by molar-refractivity contribution is 5.97. The lowest BCUT2D eigenvalue weighted by atomic mass is 10.1. The first-order valence-electron chi connectivity index (χ1n) is 6.61. The van der Waals surface area contributed by atoms with E-state index in [1.807, 2.05) is 0 Å². The average molecular weight is 277 g/mol. The molecule has 0 radical (unpaired) electrons. The van der Waals surface area contributed by atoms with Crippen molar-refractivity contribution < 1.29 is 14.3 Å². The van der Waals surface area contributed by atoms with Gasteiger partial charge in [-0.2, -0.15) is 0 Å². The van der Waals surface area contributed by atoms with Crippen molar-refractivity contribution in [1.82, 2.24) is 10.2 Å². The molecule has 0 aromatic heterocycles. The summed E-state index contributed by atoms with van der Waals surface area (Å²) in [6, 6.07) is 6.03. The zero-order valence-electron chi connectivity index (χ0n) is 11.5. The number of benzene rings is 1. The number of ether oxygens (including phenoxy) is 1. The summed E-state index contributed by atoms with van der Waals surface area (Å²) in [5, 5.41) is 2.70. The Hall–Kier alpha value is -2.08. The molecule has 0 aliphatic carbocycles. The van der Waals surface area contributed by atoms with E-state index in [1.54, 1.807) is 36.1 Å². The van der Waals surface area contributed by atoms with Gasteiger partial charge in [0, 0.05) is 24.3 Å². The van der Waals surface area contributed by atoms with Crippen molar-refractivity contribution in [2.75, 3.05) is 32.0 Å². The third-order valence-corrected chi connectivity index (χ3v) is 3.21. The second kappa shape index (κ2) is 6.38. The van der Waals surface area contributed by atoms with Gasteiger partial charge in [-0.05, 0) is 31.2 Å². The van der Waals surface area contributed by atoms with E-state index in [-0.39, 0.29) is 11.8 Å². The van der Waals surface area contributed by atoms with Crippen molar-refractivity contribution in [3.8, 4) is 0 Å². The molecule has 1 unspecified atom stereocenters. The summed E-state index contributed by atoms with van der Waals surface area (Å²) >= 11 is 0. The third kappa shape index (κ3) is 3.48. The van der Waals surface area contributed by atoms with Crippen LogP contribution in [0.2, 0.25) is 0 Å². The van der Waals surface area contributed by atoms with Crippen molar-refractivity contribution in [2.45, 2.75) is 13.0 Å². The summed E-state index contributed by atoms with van der Waals surface area (Å²) < 4.78 is 5.20. The summed E-state index contributed by atoms with van der Waals surface area (Å²) in [5.41, 5.74) is 6.65. The van der Waals surface area contributed by atoms with Crippen molar-refractivity contribution in [3.63, 3.8) is 0 Å². The maximum atomic E-state index is 12.2. The smallest absolute Gasteiger partial charge is 0.251 e. The molecule has 0 saturated carbocycles. The second-order valence-electron chi connectivity index (χ2n) is 4.75. The number of nitrogens with zero attached hydrogens (tertiary/aromatic N) is 1. The zero-order chi connectivity index (χ0) is 14.5. The van der Waals surface area contributed by atoms with Gasteiger partial charge in [-0.25, -0.2) is 0 Å². The minimum Gasteiger partial charge on any atom is -0.399 e. The van der Waals surface area contributed by atoms with Crippen LogP contribution in [0.25, 0.3) is 0 Å². The molecule has 6 heteroatoms. The molecule has 3 N–H and O–H groups in total. The Morgan fingerprint density at radius 3 is 2.45 bits per heavy atom. The van der Waals surface area contributed by atoms with Crippen LogP contribution in [0, 0.1) is 0 Å². The van der Waals surface area contributed by atoms with E-state index in [1.165, 1.54) is 0 Å². The topological polar surface area (TPSA) is 84.7 Å². The van der Waals surface area contributed by atoms with Gasteiger partial charge in [-0.1, -0.05) is 0 Å². The maximum Gasteiger partial charge on any atom is 0.251 e. The van der Waals surface area contributed by atoms with Gasteiger partial charge in [-0.3, -0.25) is 9.59 Å². The van der Waals surface area contributed by atoms with E-state index < -0.39 is 6.04 Å². The van der Waals surface area contributed by atoms with Gasteiger partial charge in [0.1, 0.15) is 6.04 Å². The fraction of sp³-hybridized carbons (Fsp3) is 0.429. The molecule has 1 fully saturated rings. The highest BCUT2D eigenvalue weighted by Gasteiger charge is 2.23. The van der Waals surface area contributed by atoms with Crippen LogP contribution in [-0.2, 0) is 9.53 Å². The lowest BCUT2D eigenvalue weighted by Crippen LogP contribution is -2.50. The lowest BCUT2D eigenvalue weighted by Gasteiger charge is -2.29. The molecule has 1 heterocycles. The number of carbonyl (C=O) groups is 2. The maximum absolute atomic E-state index is 12.2. The lowest BCUT2D eigenvalue weighted by molar-refractivity contribution is -0.136. The van der Waals surface area contributed by atoms with Crippen LogP contribution in [0.1, 0.15) is 17.3 Å². The van der Waals surface area contributed by atoms with Gasteiger partial charge in [0.25, 0.3) is 5.91 Å². The molecule has 108 valence electrons. The minimum atomic E-state index is -0.557. The van der Waals surface area contributed by atoms with E-state index in [9.17, 15) is 9.59 Å². The Labute approximate surface area is 117 Å². The molecule has 1 aliphatic rings. The summed E-state index contributed by atoms with van der Waals surface area (Å²) in [7, 11) is 0. The molecule has 20 heavy (non-hydrogen) atoms. The largest absolute Gasteiger partial charge is 0.399 e. The highest BCUT2D eigenvalue weighted by atomic mass is 16.5. The summed E-state index contributed by atoms with van der Waals surface area (Å²) in [5.74, 6) is -0.365. The molecular formula is C14H19N3O3. The number of hydrogen-bond acceptors (Lipinski definition) is 4. The zero-order valence-corrected chi connectivity index (χ0v) is 11.5. The van der Waals surface area contributed by atoms with Crippen molar-refractivity contribution in [2.24, 2.45) is 0 Å². The molecule has 0 spiro atoms. The van der Waals surface area contributed by atoms with E-state index >= 15 is 0 Å². The Morgan fingerprint density at radius 1 is 1.25 bits per heavy atom. The van der Waals surface area contributed by atoms with Crippen LogP contribution in [0.15, 0.2) is 24.3 Å². The molecule has 2 rings (SSSR count). The molecular weight excluding hydrogens is 258 g/mol. The Balaban J connectivity index is 1.92. The van der Waals surface area contributed by atoms with Crippen LogP contribution in [0.5, 0.6) is 0 Å². The molecule has 2 amide bonds. The molecule has 1 atom stereocenters. The van der Waals surface area contributed by atoms with Crippen molar-refractivity contribution in [1.29, 1.82) is 0 Å². The molecule has 1 aliphatic heterocycles. The summed E-state index contributed by atoms with van der Waals surface area (Å²) in [4.78, 5) is 25.9. The summed E-state index contributed by atoms with van der Waals surface area (Å²) in [6.07, 6.45) is 0. The molecule has 6 nitrogen and oxygen atoms in total. The Kier molecular flexibility index (Phi) is 4.57. The SMILES string of the molecule is CC(NC(=O)c1ccc(N)cc1)C(=O)N1CCOCC1. The quantitative estimate of drug-likeness (QED) is 0.775. The number of nitrogen functional groups attached to an aromatic ring is 1. The fourth-order valence-electron chi connectivity index (χ4n) is 2.03. The van der Waals surface area contributed by atoms with Crippen LogP contribution < -0.4 is 11.1 Å². The standard InChI is InChI=1S/C14H19N3O3/c1-10(14(19)17-6-8-20-9-7-17)16-13(18)11-2-4-12(15)5-3-11/h2-5,10H,6-9,15H2,1H3,(H,16,18). The van der Waals surface area contributed by atoms with Gasteiger partial charge < -0.3 is 20.7 Å². The molecule has 1 aromatic rings. The Bertz CT molecular complexity index is 481. The number of nitrogens with two attached hydrogens (primary N) is 1. The predicted octanol–water partition coefficient (Wildman–Crippen LogP) is 0.246. The molecule has 1 aromatic carbocycles. The predicted molar refractivity (Wildman–Crippen MR) is 75.2 cm³/mol. The average Bonchev–Trinajstić information content (AvgIpc) is 2.48. The van der Waals surface area contributed by atoms with Crippen molar-refractivity contribution >= 4 is 17.5 Å². The number of hydrogen-bond donors (Lipinski definition) is 2. The van der Waals surface area contributed by atoms with E-state index in [0.29, 0.717) is 37.6 Å². The number of nitrogens with one attached hydrogen (secondary N) is 1. The van der Waals surface area contributed by atoms with E-state index in [0.717, 1.165) is 0 Å². The first-order valence-corrected chi connectivity index (χ1v) is 6.61. The van der Waals surface area contributed by atoms with Gasteiger partial charge in [0.2, 0.25) is 5.91 Å². The molecule has 1 saturated heterocycles. The normalized spacial score (nSPS) is 16.6. The Morgan fingerprint density at radius 2 is 1.85 bits per heavy atom. The second-order valence-corrected chi connectivity index (χ2v) is 4.75. The third-order valence-electron chi connectivity index (χ3n) is 3.21. The number of anilines is 1. The van der Waals surface area contributed by atoms with Crippen LogP contribution >= 0.6 is 0 Å². The molecule has 0 bridgehead atoms. The number of morpholine rings is 1. The van der Waals surface area contributed by atoms with Gasteiger partial charge in [-0.15, -0.1) is 0 Å². The number of carbonyl (C=O) groups excluding carboxylic acids is 2. The first kappa shape index (κ1) is 14.3. The van der Waals surface area contributed by atoms with Crippen LogP contribution in [0.3, 0.4) is 0 Å². The van der Waals surface area contributed by atoms with Crippen LogP contribution in [0.4, 0.5) is 5.69 Å². The van der Waals surface area contributed by atoms with E-state index in [4.69, 9.17) is 10.5 Å². The monoisotopic (exact) mass is 277 g/mol. The van der Waals surface area contributed by atoms with Gasteiger partial charge in [0.05, 0.1) is 13.2 Å². The number of amides is 2. The van der Waals surface area contributed by atoms with Crippen LogP contribution in [-0.4, -0.2) is 49.1 Å². The van der Waals surface area contributed by atoms with Gasteiger partial charge in [0.15, 0.2) is 0 Å². The highest BCUT2D eigenvalue weighted by Crippen LogP contribution is 2.06. The van der Waals surface area contributed by atoms with Gasteiger partial charge >= 0.3 is 0 Å². The number of rotatable bonds is 3. The minimum absolute atomic E-state index is 0.0860. The fourth-order valence-corrected chi connectivity index (χ4v) is 2.03.